The Morgan fingerprint density at radius 2 is 1.94 bits per heavy atom. The van der Waals surface area contributed by atoms with E-state index in [2.05, 4.69) is 10.6 Å². The van der Waals surface area contributed by atoms with Gasteiger partial charge in [-0.2, -0.15) is 0 Å². The molecule has 0 aliphatic heterocycles. The first kappa shape index (κ1) is 16.0. The summed E-state index contributed by atoms with van der Waals surface area (Å²) in [6.45, 7) is 5.92. The molecule has 1 unspecified atom stereocenters. The minimum absolute atomic E-state index is 0.00363. The Morgan fingerprint density at radius 1 is 1.35 bits per heavy atom. The highest BCUT2D eigenvalue weighted by Gasteiger charge is 2.23. The van der Waals surface area contributed by atoms with Crippen LogP contribution in [0.15, 0.2) is 0 Å². The molecule has 4 N–H and O–H groups in total. The molecule has 6 heteroatoms. The summed E-state index contributed by atoms with van der Waals surface area (Å²) < 4.78 is 5.22. The molecule has 0 bridgehead atoms. The Kier molecular flexibility index (Phi) is 6.94. The van der Waals surface area contributed by atoms with Gasteiger partial charge >= 0.3 is 5.97 Å². The van der Waals surface area contributed by atoms with Gasteiger partial charge in [0.15, 0.2) is 5.78 Å². The summed E-state index contributed by atoms with van der Waals surface area (Å²) in [5, 5.41) is 5.70. The summed E-state index contributed by atoms with van der Waals surface area (Å²) in [4.78, 5) is 22.7. The smallest absolute Gasteiger partial charge is 0.324 e. The van der Waals surface area contributed by atoms with Gasteiger partial charge in [0.05, 0.1) is 13.1 Å². The molecule has 0 saturated carbocycles. The van der Waals surface area contributed by atoms with Crippen molar-refractivity contribution in [2.75, 3.05) is 26.7 Å². The SMILES string of the molecule is CNC(CNCC(=O)CN)C(=O)OC(C)(C)C. The van der Waals surface area contributed by atoms with E-state index >= 15 is 0 Å². The van der Waals surface area contributed by atoms with Gasteiger partial charge in [-0.15, -0.1) is 0 Å². The van der Waals surface area contributed by atoms with Crippen molar-refractivity contribution in [1.29, 1.82) is 0 Å². The number of carbonyl (C=O) groups is 2. The van der Waals surface area contributed by atoms with E-state index < -0.39 is 11.6 Å². The highest BCUT2D eigenvalue weighted by atomic mass is 16.6. The molecule has 0 amide bonds. The molecule has 0 aromatic rings. The van der Waals surface area contributed by atoms with Gasteiger partial charge in [0.25, 0.3) is 0 Å². The maximum Gasteiger partial charge on any atom is 0.324 e. The van der Waals surface area contributed by atoms with Crippen LogP contribution >= 0.6 is 0 Å². The predicted octanol–water partition coefficient (Wildman–Crippen LogP) is -0.966. The minimum Gasteiger partial charge on any atom is -0.459 e. The molecule has 0 aromatic carbocycles. The first-order chi connectivity index (χ1) is 7.80. The van der Waals surface area contributed by atoms with Crippen molar-refractivity contribution in [3.05, 3.63) is 0 Å². The second-order valence-corrected chi connectivity index (χ2v) is 4.75. The van der Waals surface area contributed by atoms with Crippen molar-refractivity contribution in [2.24, 2.45) is 5.73 Å². The number of esters is 1. The van der Waals surface area contributed by atoms with Crippen molar-refractivity contribution in [2.45, 2.75) is 32.4 Å². The van der Waals surface area contributed by atoms with Gasteiger partial charge in [0.1, 0.15) is 11.6 Å². The Labute approximate surface area is 102 Å². The van der Waals surface area contributed by atoms with Crippen molar-refractivity contribution in [1.82, 2.24) is 10.6 Å². The fourth-order valence-electron chi connectivity index (χ4n) is 1.10. The van der Waals surface area contributed by atoms with Crippen LogP contribution in [0.5, 0.6) is 0 Å². The second-order valence-electron chi connectivity index (χ2n) is 4.75. The van der Waals surface area contributed by atoms with Gasteiger partial charge in [-0.1, -0.05) is 0 Å². The summed E-state index contributed by atoms with van der Waals surface area (Å²) in [5.41, 5.74) is 4.65. The zero-order valence-corrected chi connectivity index (χ0v) is 11.0. The van der Waals surface area contributed by atoms with Crippen LogP contribution in [0.1, 0.15) is 20.8 Å². The zero-order chi connectivity index (χ0) is 13.5. The standard InChI is InChI=1S/C11H23N3O3/c1-11(2,3)17-10(16)9(13-4)7-14-6-8(15)5-12/h9,13-14H,5-7,12H2,1-4H3. The Hall–Kier alpha value is -0.980. The number of hydrogen-bond donors (Lipinski definition) is 3. The van der Waals surface area contributed by atoms with Crippen LogP contribution in [-0.4, -0.2) is 50.1 Å². The van der Waals surface area contributed by atoms with E-state index in [1.54, 1.807) is 7.05 Å². The van der Waals surface area contributed by atoms with Crippen LogP contribution in [0.4, 0.5) is 0 Å². The lowest BCUT2D eigenvalue weighted by Gasteiger charge is -2.23. The van der Waals surface area contributed by atoms with Crippen molar-refractivity contribution >= 4 is 11.8 Å². The van der Waals surface area contributed by atoms with E-state index in [0.29, 0.717) is 6.54 Å². The lowest BCUT2D eigenvalue weighted by Crippen LogP contribution is -2.47. The number of nitrogens with two attached hydrogens (primary N) is 1. The summed E-state index contributed by atoms with van der Waals surface area (Å²) >= 11 is 0. The number of hydrogen-bond acceptors (Lipinski definition) is 6. The van der Waals surface area contributed by atoms with E-state index in [4.69, 9.17) is 10.5 Å². The van der Waals surface area contributed by atoms with Crippen LogP contribution in [0, 0.1) is 0 Å². The predicted molar refractivity (Wildman–Crippen MR) is 65.6 cm³/mol. The molecule has 0 aromatic heterocycles. The van der Waals surface area contributed by atoms with E-state index in [1.807, 2.05) is 20.8 Å². The van der Waals surface area contributed by atoms with E-state index in [1.165, 1.54) is 0 Å². The maximum atomic E-state index is 11.7. The highest BCUT2D eigenvalue weighted by molar-refractivity contribution is 5.82. The highest BCUT2D eigenvalue weighted by Crippen LogP contribution is 2.08. The molecule has 0 aliphatic carbocycles. The van der Waals surface area contributed by atoms with Crippen molar-refractivity contribution in [3.8, 4) is 0 Å². The fraction of sp³-hybridized carbons (Fsp3) is 0.818. The molecule has 17 heavy (non-hydrogen) atoms. The molecule has 0 fully saturated rings. The van der Waals surface area contributed by atoms with Crippen LogP contribution in [-0.2, 0) is 14.3 Å². The minimum atomic E-state index is -0.515. The van der Waals surface area contributed by atoms with Crippen LogP contribution < -0.4 is 16.4 Å². The first-order valence-electron chi connectivity index (χ1n) is 5.62. The molecule has 0 saturated heterocycles. The van der Waals surface area contributed by atoms with Crippen molar-refractivity contribution < 1.29 is 14.3 Å². The van der Waals surface area contributed by atoms with E-state index in [0.717, 1.165) is 0 Å². The van der Waals surface area contributed by atoms with Crippen LogP contribution in [0.25, 0.3) is 0 Å². The average Bonchev–Trinajstić information content (AvgIpc) is 2.21. The number of nitrogens with one attached hydrogen (secondary N) is 2. The molecule has 0 spiro atoms. The quantitative estimate of drug-likeness (QED) is 0.500. The monoisotopic (exact) mass is 245 g/mol. The summed E-state index contributed by atoms with van der Waals surface area (Å²) in [6, 6.07) is -0.472. The third kappa shape index (κ3) is 7.84. The Bertz CT molecular complexity index is 261. The van der Waals surface area contributed by atoms with E-state index in [-0.39, 0.29) is 24.8 Å². The topological polar surface area (TPSA) is 93.5 Å². The van der Waals surface area contributed by atoms with Gasteiger partial charge in [0, 0.05) is 6.54 Å². The summed E-state index contributed by atoms with van der Waals surface area (Å²) in [7, 11) is 1.67. The molecule has 6 nitrogen and oxygen atoms in total. The van der Waals surface area contributed by atoms with Gasteiger partial charge in [-0.25, -0.2) is 0 Å². The number of rotatable bonds is 7. The molecule has 0 rings (SSSR count). The van der Waals surface area contributed by atoms with Crippen LogP contribution in [0.3, 0.4) is 0 Å². The molecule has 0 heterocycles. The number of Topliss-reactive ketones (excluding diaryl/α,β-unsaturated/α-hetero) is 1. The fourth-order valence-corrected chi connectivity index (χ4v) is 1.10. The van der Waals surface area contributed by atoms with Gasteiger partial charge in [-0.05, 0) is 27.8 Å². The normalized spacial score (nSPS) is 13.2. The molecule has 0 radical (unpaired) electrons. The summed E-state index contributed by atoms with van der Waals surface area (Å²) in [5.74, 6) is -0.434. The summed E-state index contributed by atoms with van der Waals surface area (Å²) in [6.07, 6.45) is 0. The van der Waals surface area contributed by atoms with Crippen molar-refractivity contribution in [3.63, 3.8) is 0 Å². The third-order valence-corrected chi connectivity index (χ3v) is 1.94. The lowest BCUT2D eigenvalue weighted by molar-refractivity contribution is -0.157. The molecule has 0 aliphatic rings. The maximum absolute atomic E-state index is 11.7. The molecule has 1 atom stereocenters. The van der Waals surface area contributed by atoms with Gasteiger partial charge in [0.2, 0.25) is 0 Å². The number of ether oxygens (including phenoxy) is 1. The molecule has 100 valence electrons. The second kappa shape index (κ2) is 7.37. The van der Waals surface area contributed by atoms with E-state index in [9.17, 15) is 9.59 Å². The van der Waals surface area contributed by atoms with Gasteiger partial charge in [-0.3, -0.25) is 9.59 Å². The molecular formula is C11H23N3O3. The largest absolute Gasteiger partial charge is 0.459 e. The average molecular weight is 245 g/mol. The number of likely N-dealkylation sites (N-methyl/N-ethyl adjacent to an activating group) is 1. The molecular weight excluding hydrogens is 222 g/mol. The zero-order valence-electron chi connectivity index (χ0n) is 11.0. The Morgan fingerprint density at radius 3 is 2.35 bits per heavy atom. The number of carbonyl (C=O) groups excluding carboxylic acids is 2. The lowest BCUT2D eigenvalue weighted by atomic mass is 10.2. The third-order valence-electron chi connectivity index (χ3n) is 1.94. The Balaban J connectivity index is 4.06. The first-order valence-corrected chi connectivity index (χ1v) is 5.62. The van der Waals surface area contributed by atoms with Gasteiger partial charge < -0.3 is 21.1 Å². The van der Waals surface area contributed by atoms with Crippen LogP contribution in [0.2, 0.25) is 0 Å². The number of ketones is 1.